The SMILES string of the molecule is CC1CC(CN(CC(=O)CO)S(C)(=O)=O)N(C)C1.CC1CC(CN)N(C)C1.CC1CC(CNCC(=O)CO)N(C)C1.CC1CC2CN(S(C)(=O)=O)CC(=O)N2C1.CC1CC2CNCC(=O)N2C1.CCC(=O)OC.CN1CC(O)CC1CN=[N+]=[N-].CN1CC(O)CC1CO. The van der Waals surface area contributed by atoms with Gasteiger partial charge in [0.1, 0.15) is 13.2 Å². The van der Waals surface area contributed by atoms with Crippen LogP contribution in [0.4, 0.5) is 0 Å². The van der Waals surface area contributed by atoms with E-state index in [0.717, 1.165) is 93.7 Å². The first-order valence-corrected chi connectivity index (χ1v) is 36.7. The molecule has 0 aromatic rings. The number of carbonyl (C=O) groups excluding carboxylic acids is 5. The Balaban J connectivity index is 0.000000368. The van der Waals surface area contributed by atoms with Gasteiger partial charge in [-0.1, -0.05) is 46.7 Å². The second-order valence-corrected chi connectivity index (χ2v) is 31.3. The number of piperazine rings is 2. The maximum Gasteiger partial charge on any atom is 0.305 e. The number of hydrogen-bond acceptors (Lipinski definition) is 24. The Morgan fingerprint density at radius 1 is 0.667 bits per heavy atom. The molecule has 0 aromatic carbocycles. The third-order valence-corrected chi connectivity index (χ3v) is 20.8. The number of azide groups is 1. The highest BCUT2D eigenvalue weighted by atomic mass is 32.2. The lowest BCUT2D eigenvalue weighted by atomic mass is 10.1. The fourth-order valence-corrected chi connectivity index (χ4v) is 15.0. The van der Waals surface area contributed by atoms with Crippen LogP contribution >= 0.6 is 0 Å². The molecule has 0 saturated carbocycles. The summed E-state index contributed by atoms with van der Waals surface area (Å²) in [5.74, 6) is 2.77. The molecule has 14 atom stereocenters. The minimum absolute atomic E-state index is 0.0159. The number of aliphatic hydroxyl groups is 5. The second-order valence-electron chi connectivity index (χ2n) is 27.4. The van der Waals surface area contributed by atoms with Crippen LogP contribution in [0.3, 0.4) is 0 Å². The topological polar surface area (TPSA) is 392 Å². The van der Waals surface area contributed by atoms with E-state index in [2.05, 4.69) is 88.8 Å². The summed E-state index contributed by atoms with van der Waals surface area (Å²) in [4.78, 5) is 72.3. The normalized spacial score (nSPS) is 30.6. The molecule has 9 fully saturated rings. The number of β-amino-alcohol motifs (C(OH)–C–C–N with tert-alkyl or cyclic N) is 2. The quantitative estimate of drug-likeness (QED) is 0.0345. The summed E-state index contributed by atoms with van der Waals surface area (Å²) in [6.45, 7) is 22.8. The number of likely N-dealkylation sites (N-methyl/N-ethyl adjacent to an activating group) is 5. The summed E-state index contributed by atoms with van der Waals surface area (Å²) in [7, 11) is 4.80. The molecule has 9 heterocycles. The highest BCUT2D eigenvalue weighted by Gasteiger charge is 2.41. The summed E-state index contributed by atoms with van der Waals surface area (Å²) in [5, 5.41) is 53.9. The first-order chi connectivity index (χ1) is 43.5. The summed E-state index contributed by atoms with van der Waals surface area (Å²) >= 11 is 0. The van der Waals surface area contributed by atoms with Gasteiger partial charge >= 0.3 is 5.97 Å². The zero-order valence-electron chi connectivity index (χ0n) is 58.5. The van der Waals surface area contributed by atoms with Crippen molar-refractivity contribution in [1.82, 2.24) is 53.5 Å². The Kier molecular flexibility index (Phi) is 39.4. The first kappa shape index (κ1) is 85.4. The van der Waals surface area contributed by atoms with E-state index in [9.17, 15) is 45.9 Å². The molecule has 0 spiro atoms. The van der Waals surface area contributed by atoms with E-state index in [1.807, 2.05) is 40.7 Å². The number of sulfonamides is 2. The predicted molar refractivity (Wildman–Crippen MR) is 358 cm³/mol. The Hall–Kier alpha value is -3.64. The molecule has 9 saturated heterocycles. The van der Waals surface area contributed by atoms with Crippen LogP contribution < -0.4 is 16.4 Å². The number of nitrogens with two attached hydrogens (primary N) is 1. The Labute approximate surface area is 555 Å². The molecular weight excluding hydrogens is 1250 g/mol. The van der Waals surface area contributed by atoms with E-state index < -0.39 is 32.4 Å². The van der Waals surface area contributed by atoms with Crippen LogP contribution in [-0.2, 0) is 48.8 Å². The number of hydrogen-bond donors (Lipinski definition) is 8. The molecule has 30 nitrogen and oxygen atoms in total. The Morgan fingerprint density at radius 3 is 1.52 bits per heavy atom. The third-order valence-electron chi connectivity index (χ3n) is 18.4. The number of carbonyl (C=O) groups is 5. The van der Waals surface area contributed by atoms with Crippen molar-refractivity contribution in [2.24, 2.45) is 40.4 Å². The van der Waals surface area contributed by atoms with Crippen molar-refractivity contribution in [3.8, 4) is 0 Å². The summed E-state index contributed by atoms with van der Waals surface area (Å²) in [6.07, 6.45) is 9.17. The molecule has 32 heteroatoms. The van der Waals surface area contributed by atoms with E-state index in [1.54, 1.807) is 6.92 Å². The average Bonchev–Trinajstić information content (AvgIpc) is 1.95. The minimum Gasteiger partial charge on any atom is -0.469 e. The first-order valence-electron chi connectivity index (χ1n) is 33.0. The minimum atomic E-state index is -3.42. The predicted octanol–water partition coefficient (Wildman–Crippen LogP) is -1.79. The molecular formula is C61H121N15O15S2. The van der Waals surface area contributed by atoms with Gasteiger partial charge < -0.3 is 76.0 Å². The van der Waals surface area contributed by atoms with Gasteiger partial charge in [0, 0.05) is 139 Å². The van der Waals surface area contributed by atoms with Crippen LogP contribution in [0.2, 0.25) is 0 Å². The number of nitrogens with one attached hydrogen (secondary N) is 2. The van der Waals surface area contributed by atoms with E-state index >= 15 is 0 Å². The molecule has 9 aliphatic rings. The number of aliphatic hydroxyl groups excluding tert-OH is 5. The zero-order valence-corrected chi connectivity index (χ0v) is 60.1. The van der Waals surface area contributed by atoms with Crippen LogP contribution in [0.15, 0.2) is 5.11 Å². The largest absolute Gasteiger partial charge is 0.469 e. The Bertz CT molecular complexity index is 2500. The molecule has 0 radical (unpaired) electrons. The number of Topliss-reactive ketones (excluding diaryl/α,β-unsaturated/α-hetero) is 2. The molecule has 2 amide bonds. The number of likely N-dealkylation sites (tertiary alicyclic amines) is 5. The van der Waals surface area contributed by atoms with E-state index in [0.29, 0.717) is 88.0 Å². The van der Waals surface area contributed by atoms with Crippen LogP contribution in [-0.4, -0.2) is 355 Å². The number of fused-ring (bicyclic) bond motifs is 2. The second kappa shape index (κ2) is 42.9. The van der Waals surface area contributed by atoms with Crippen molar-refractivity contribution in [1.29, 1.82) is 0 Å². The number of nitrogens with zero attached hydrogens (tertiary/aromatic N) is 12. The molecule has 0 aliphatic carbocycles. The molecule has 93 heavy (non-hydrogen) atoms. The molecule has 9 N–H and O–H groups in total. The fourth-order valence-electron chi connectivity index (χ4n) is 13.4. The number of rotatable bonds is 17. The fraction of sp³-hybridized carbons (Fsp3) is 0.918. The number of amides is 2. The van der Waals surface area contributed by atoms with Crippen LogP contribution in [0.1, 0.15) is 92.9 Å². The van der Waals surface area contributed by atoms with Crippen molar-refractivity contribution in [3.05, 3.63) is 10.4 Å². The summed E-state index contributed by atoms with van der Waals surface area (Å²) < 4.78 is 52.7. The van der Waals surface area contributed by atoms with Gasteiger partial charge in [-0.3, -0.25) is 28.9 Å². The molecule has 14 unspecified atom stereocenters. The van der Waals surface area contributed by atoms with E-state index in [-0.39, 0.29) is 92.8 Å². The van der Waals surface area contributed by atoms with Crippen molar-refractivity contribution in [3.63, 3.8) is 0 Å². The van der Waals surface area contributed by atoms with Crippen molar-refractivity contribution >= 4 is 49.4 Å². The molecule has 9 aliphatic heterocycles. The highest BCUT2D eigenvalue weighted by Crippen LogP contribution is 2.28. The number of ether oxygens (including phenoxy) is 1. The summed E-state index contributed by atoms with van der Waals surface area (Å²) in [6, 6.07) is 2.32. The average molecular weight is 1370 g/mol. The van der Waals surface area contributed by atoms with Crippen LogP contribution in [0, 0.1) is 29.6 Å². The maximum atomic E-state index is 11.7. The lowest BCUT2D eigenvalue weighted by molar-refractivity contribution is -0.140. The van der Waals surface area contributed by atoms with Gasteiger partial charge in [-0.25, -0.2) is 16.8 Å². The van der Waals surface area contributed by atoms with Crippen LogP contribution in [0.25, 0.3) is 10.4 Å². The van der Waals surface area contributed by atoms with Crippen molar-refractivity contribution in [2.45, 2.75) is 147 Å². The van der Waals surface area contributed by atoms with Gasteiger partial charge in [0.25, 0.3) is 0 Å². The molecule has 9 rings (SSSR count). The highest BCUT2D eigenvalue weighted by molar-refractivity contribution is 7.88. The van der Waals surface area contributed by atoms with Crippen LogP contribution in [0.5, 0.6) is 0 Å². The van der Waals surface area contributed by atoms with E-state index in [4.69, 9.17) is 31.7 Å². The zero-order chi connectivity index (χ0) is 70.5. The van der Waals surface area contributed by atoms with Crippen molar-refractivity contribution in [2.75, 3.05) is 186 Å². The van der Waals surface area contributed by atoms with Gasteiger partial charge in [0.05, 0.1) is 64.6 Å². The summed E-state index contributed by atoms with van der Waals surface area (Å²) in [5.41, 5.74) is 13.6. The van der Waals surface area contributed by atoms with Crippen molar-refractivity contribution < 1.29 is 71.1 Å². The number of methoxy groups -OCH3 is 1. The van der Waals surface area contributed by atoms with Gasteiger partial charge in [-0.05, 0) is 115 Å². The standard InChI is InChI=1S/C11H22N2O4S.C10H20N2O2.C9H16N2O3S.C8H14N2O.C7H16N2.C6H12N4O.C6H13NO2.C4H8O2/c1-9-4-10(12(2)5-9)6-13(18(3,16)17)7-11(15)8-14;1-8-3-9(12(2)6-8)4-11-5-10(14)7-13;1-7-3-8-5-10(15(2,13)14)6-9(12)11(8)4-7;1-6-2-7-3-9-4-8(11)10(7)5-6;1-6-3-7(4-8)9(2)5-6;1-10-4-6(11)2-5(10)3-8-9-7;1-7-3-6(9)2-5(7)4-8;1-3-4(5)6-2/h9-10,14H,4-8H2,1-3H3;8-9,11,13H,3-7H2,1-2H3;7-8H,3-6H2,1-2H3;6-7,9H,2-5H2,1H3;6-7H,3-5,8H2,1-2H3;5-6,11H,2-4H2,1H3;5-6,8-9H,2-4H2,1H3;3H2,1-2H3. The van der Waals surface area contributed by atoms with Gasteiger partial charge in [-0.2, -0.15) is 8.61 Å². The number of ketones is 2. The molecule has 542 valence electrons. The van der Waals surface area contributed by atoms with Gasteiger partial charge in [0.15, 0.2) is 11.6 Å². The molecule has 0 aromatic heterocycles. The lowest BCUT2D eigenvalue weighted by Crippen LogP contribution is -2.54. The maximum absolute atomic E-state index is 11.7. The lowest BCUT2D eigenvalue weighted by Gasteiger charge is -2.35. The van der Waals surface area contributed by atoms with E-state index in [1.165, 1.54) is 37.2 Å². The smallest absolute Gasteiger partial charge is 0.305 e. The van der Waals surface area contributed by atoms with Gasteiger partial charge in [0.2, 0.25) is 31.9 Å². The monoisotopic (exact) mass is 1370 g/mol. The Morgan fingerprint density at radius 2 is 1.14 bits per heavy atom. The third kappa shape index (κ3) is 31.6. The van der Waals surface area contributed by atoms with Gasteiger partial charge in [-0.15, -0.1) is 0 Å². The number of esters is 1. The molecule has 0 bridgehead atoms.